The monoisotopic (exact) mass is 165 g/mol. The number of hydrogen-bond acceptors (Lipinski definition) is 2. The molecule has 0 atom stereocenters. The lowest BCUT2D eigenvalue weighted by Crippen LogP contribution is -2.05. The zero-order chi connectivity index (χ0) is 8.97. The van der Waals surface area contributed by atoms with Gasteiger partial charge in [0.05, 0.1) is 5.56 Å². The molecule has 0 amide bonds. The second kappa shape index (κ2) is 3.88. The molecule has 0 aliphatic rings. The Morgan fingerprint density at radius 2 is 2.00 bits per heavy atom. The molecule has 0 spiro atoms. The van der Waals surface area contributed by atoms with Crippen LogP contribution in [0.25, 0.3) is 0 Å². The molecule has 0 aromatic heterocycles. The Morgan fingerprint density at radius 1 is 1.42 bits per heavy atom. The first-order valence-corrected chi connectivity index (χ1v) is 3.71. The third kappa shape index (κ3) is 2.07. The quantitative estimate of drug-likeness (QED) is 0.705. The molecule has 3 heteroatoms. The third-order valence-electron chi connectivity index (χ3n) is 1.58. The van der Waals surface area contributed by atoms with Gasteiger partial charge in [0.1, 0.15) is 0 Å². The van der Waals surface area contributed by atoms with Crippen LogP contribution in [0.15, 0.2) is 24.3 Å². The van der Waals surface area contributed by atoms with E-state index < -0.39 is 5.97 Å². The number of rotatable bonds is 3. The van der Waals surface area contributed by atoms with Gasteiger partial charge in [-0.05, 0) is 24.7 Å². The molecule has 0 unspecified atom stereocenters. The van der Waals surface area contributed by atoms with E-state index in [1.807, 2.05) is 7.05 Å². The smallest absolute Gasteiger partial charge is 0.335 e. The number of carboxylic acid groups (broad SMARTS) is 1. The lowest BCUT2D eigenvalue weighted by Gasteiger charge is -1.99. The van der Waals surface area contributed by atoms with Gasteiger partial charge in [0.25, 0.3) is 0 Å². The maximum Gasteiger partial charge on any atom is 0.335 e. The molecule has 1 rings (SSSR count). The molecular formula is C9H11NO2. The van der Waals surface area contributed by atoms with E-state index >= 15 is 0 Å². The Hall–Kier alpha value is -1.35. The van der Waals surface area contributed by atoms with Crippen molar-refractivity contribution >= 4 is 5.97 Å². The summed E-state index contributed by atoms with van der Waals surface area (Å²) in [7, 11) is 1.85. The van der Waals surface area contributed by atoms with Crippen molar-refractivity contribution in [1.29, 1.82) is 0 Å². The van der Waals surface area contributed by atoms with Crippen molar-refractivity contribution in [2.24, 2.45) is 0 Å². The van der Waals surface area contributed by atoms with E-state index in [-0.39, 0.29) is 0 Å². The highest BCUT2D eigenvalue weighted by Crippen LogP contribution is 2.03. The van der Waals surface area contributed by atoms with E-state index in [0.29, 0.717) is 5.56 Å². The summed E-state index contributed by atoms with van der Waals surface area (Å²) in [4.78, 5) is 10.5. The van der Waals surface area contributed by atoms with Gasteiger partial charge < -0.3 is 10.4 Å². The largest absolute Gasteiger partial charge is 0.478 e. The van der Waals surface area contributed by atoms with Crippen LogP contribution in [0.5, 0.6) is 0 Å². The summed E-state index contributed by atoms with van der Waals surface area (Å²) in [5.41, 5.74) is 1.41. The maximum atomic E-state index is 10.5. The standard InChI is InChI=1S/C9H11NO2/c1-10-6-7-2-4-8(5-3-7)9(11)12/h2-5,10H,6H2,1H3,(H,11,12). The van der Waals surface area contributed by atoms with Gasteiger partial charge in [-0.25, -0.2) is 4.79 Å². The fourth-order valence-electron chi connectivity index (χ4n) is 0.969. The van der Waals surface area contributed by atoms with Crippen molar-refractivity contribution in [2.75, 3.05) is 7.05 Å². The minimum Gasteiger partial charge on any atom is -0.478 e. The summed E-state index contributed by atoms with van der Waals surface area (Å²) in [6.45, 7) is 0.764. The summed E-state index contributed by atoms with van der Waals surface area (Å²) < 4.78 is 0. The first-order valence-electron chi connectivity index (χ1n) is 3.71. The maximum absolute atomic E-state index is 10.5. The Kier molecular flexibility index (Phi) is 2.82. The zero-order valence-electron chi connectivity index (χ0n) is 6.87. The van der Waals surface area contributed by atoms with Crippen LogP contribution in [0, 0.1) is 0 Å². The van der Waals surface area contributed by atoms with Crippen LogP contribution in [0.2, 0.25) is 0 Å². The normalized spacial score (nSPS) is 9.75. The molecule has 12 heavy (non-hydrogen) atoms. The van der Waals surface area contributed by atoms with E-state index in [0.717, 1.165) is 12.1 Å². The van der Waals surface area contributed by atoms with Crippen molar-refractivity contribution in [3.05, 3.63) is 35.4 Å². The SMILES string of the molecule is CNCc1ccc(C(=O)O)cc1. The molecule has 1 aromatic carbocycles. The number of carboxylic acids is 1. The van der Waals surface area contributed by atoms with E-state index in [1.165, 1.54) is 0 Å². The Labute approximate surface area is 71.0 Å². The highest BCUT2D eigenvalue weighted by Gasteiger charge is 2.00. The fourth-order valence-corrected chi connectivity index (χ4v) is 0.969. The van der Waals surface area contributed by atoms with Crippen molar-refractivity contribution in [2.45, 2.75) is 6.54 Å². The number of carbonyl (C=O) groups is 1. The topological polar surface area (TPSA) is 49.3 Å². The average Bonchev–Trinajstić information content (AvgIpc) is 2.06. The molecule has 0 heterocycles. The van der Waals surface area contributed by atoms with Crippen molar-refractivity contribution in [3.8, 4) is 0 Å². The van der Waals surface area contributed by atoms with E-state index in [4.69, 9.17) is 5.11 Å². The van der Waals surface area contributed by atoms with Gasteiger partial charge in [-0.3, -0.25) is 0 Å². The summed E-state index contributed by atoms with van der Waals surface area (Å²) >= 11 is 0. The average molecular weight is 165 g/mol. The first-order chi connectivity index (χ1) is 5.74. The highest BCUT2D eigenvalue weighted by atomic mass is 16.4. The van der Waals surface area contributed by atoms with Crippen molar-refractivity contribution in [3.63, 3.8) is 0 Å². The van der Waals surface area contributed by atoms with Crippen molar-refractivity contribution < 1.29 is 9.90 Å². The molecule has 3 nitrogen and oxygen atoms in total. The molecule has 0 aliphatic heterocycles. The first kappa shape index (κ1) is 8.74. The van der Waals surface area contributed by atoms with Gasteiger partial charge in [-0.1, -0.05) is 12.1 Å². The van der Waals surface area contributed by atoms with Crippen LogP contribution in [0.1, 0.15) is 15.9 Å². The molecular weight excluding hydrogens is 154 g/mol. The third-order valence-corrected chi connectivity index (χ3v) is 1.58. The number of benzene rings is 1. The number of aromatic carboxylic acids is 1. The Bertz CT molecular complexity index is 266. The van der Waals surface area contributed by atoms with Crippen LogP contribution in [-0.4, -0.2) is 18.1 Å². The van der Waals surface area contributed by atoms with Crippen LogP contribution < -0.4 is 5.32 Å². The Balaban J connectivity index is 2.78. The molecule has 0 radical (unpaired) electrons. The van der Waals surface area contributed by atoms with E-state index in [1.54, 1.807) is 24.3 Å². The molecule has 0 aliphatic carbocycles. The van der Waals surface area contributed by atoms with Gasteiger partial charge in [-0.2, -0.15) is 0 Å². The lowest BCUT2D eigenvalue weighted by atomic mass is 10.1. The molecule has 2 N–H and O–H groups in total. The molecule has 0 saturated carbocycles. The van der Waals surface area contributed by atoms with E-state index in [9.17, 15) is 4.79 Å². The lowest BCUT2D eigenvalue weighted by molar-refractivity contribution is 0.0697. The van der Waals surface area contributed by atoms with Gasteiger partial charge in [-0.15, -0.1) is 0 Å². The van der Waals surface area contributed by atoms with Gasteiger partial charge in [0.2, 0.25) is 0 Å². The van der Waals surface area contributed by atoms with E-state index in [2.05, 4.69) is 5.32 Å². The van der Waals surface area contributed by atoms with Crippen molar-refractivity contribution in [1.82, 2.24) is 5.32 Å². The summed E-state index contributed by atoms with van der Waals surface area (Å²) in [5, 5.41) is 11.6. The summed E-state index contributed by atoms with van der Waals surface area (Å²) in [6, 6.07) is 6.82. The predicted molar refractivity (Wildman–Crippen MR) is 46.2 cm³/mol. The predicted octanol–water partition coefficient (Wildman–Crippen LogP) is 1.10. The fraction of sp³-hybridized carbons (Fsp3) is 0.222. The zero-order valence-corrected chi connectivity index (χ0v) is 6.87. The Morgan fingerprint density at radius 3 is 2.42 bits per heavy atom. The van der Waals surface area contributed by atoms with Crippen LogP contribution in [-0.2, 0) is 6.54 Å². The number of nitrogens with one attached hydrogen (secondary N) is 1. The second-order valence-corrected chi connectivity index (χ2v) is 2.53. The molecule has 1 aromatic rings. The second-order valence-electron chi connectivity index (χ2n) is 2.53. The number of hydrogen-bond donors (Lipinski definition) is 2. The van der Waals surface area contributed by atoms with Crippen LogP contribution in [0.3, 0.4) is 0 Å². The summed E-state index contributed by atoms with van der Waals surface area (Å²) in [6.07, 6.45) is 0. The van der Waals surface area contributed by atoms with Gasteiger partial charge in [0.15, 0.2) is 0 Å². The molecule has 0 fully saturated rings. The van der Waals surface area contributed by atoms with Crippen LogP contribution >= 0.6 is 0 Å². The molecule has 0 bridgehead atoms. The molecule has 64 valence electrons. The van der Waals surface area contributed by atoms with Gasteiger partial charge in [0, 0.05) is 6.54 Å². The minimum absolute atomic E-state index is 0.329. The van der Waals surface area contributed by atoms with Gasteiger partial charge >= 0.3 is 5.97 Å². The molecule has 0 saturated heterocycles. The highest BCUT2D eigenvalue weighted by molar-refractivity contribution is 5.87. The van der Waals surface area contributed by atoms with Crippen LogP contribution in [0.4, 0.5) is 0 Å². The summed E-state index contributed by atoms with van der Waals surface area (Å²) in [5.74, 6) is -0.883. The minimum atomic E-state index is -0.883.